The Morgan fingerprint density at radius 2 is 0.692 bits per heavy atom. The van der Waals surface area contributed by atoms with Crippen LogP contribution in [0.1, 0.15) is 145 Å². The van der Waals surface area contributed by atoms with Crippen LogP contribution in [0.3, 0.4) is 0 Å². The third-order valence-electron chi connectivity index (χ3n) is 7.27. The van der Waals surface area contributed by atoms with Gasteiger partial charge in [0, 0.05) is 0 Å². The van der Waals surface area contributed by atoms with Crippen LogP contribution >= 0.6 is 0 Å². The average molecular weight is 367 g/mol. The van der Waals surface area contributed by atoms with Crippen LogP contribution in [-0.4, -0.2) is 0 Å². The third kappa shape index (κ3) is 8.35. The Kier molecular flexibility index (Phi) is 16.0. The van der Waals surface area contributed by atoms with E-state index in [0.29, 0.717) is 5.41 Å². The lowest BCUT2D eigenvalue weighted by molar-refractivity contribution is -0.0120. The van der Waals surface area contributed by atoms with Gasteiger partial charge in [-0.3, -0.25) is 0 Å². The SMILES string of the molecule is CCCCC(CCC)C(C)(C(CCC)CCCC)C(CCC)CCCC. The predicted octanol–water partition coefficient (Wildman–Crippen LogP) is 9.81. The molecule has 0 aromatic heterocycles. The number of rotatable bonds is 18. The summed E-state index contributed by atoms with van der Waals surface area (Å²) >= 11 is 0. The van der Waals surface area contributed by atoms with Crippen molar-refractivity contribution in [1.29, 1.82) is 0 Å². The molecule has 0 heteroatoms. The maximum Gasteiger partial charge on any atom is -0.0241 e. The lowest BCUT2D eigenvalue weighted by Gasteiger charge is -2.50. The molecule has 0 rings (SSSR count). The molecule has 0 amide bonds. The first kappa shape index (κ1) is 26.0. The van der Waals surface area contributed by atoms with Crippen molar-refractivity contribution in [1.82, 2.24) is 0 Å². The van der Waals surface area contributed by atoms with Gasteiger partial charge >= 0.3 is 0 Å². The Morgan fingerprint density at radius 1 is 0.423 bits per heavy atom. The summed E-state index contributed by atoms with van der Waals surface area (Å²) in [7, 11) is 0. The van der Waals surface area contributed by atoms with Gasteiger partial charge in [0.25, 0.3) is 0 Å². The summed E-state index contributed by atoms with van der Waals surface area (Å²) in [5.41, 5.74) is 0.557. The van der Waals surface area contributed by atoms with Crippen molar-refractivity contribution in [2.45, 2.75) is 145 Å². The van der Waals surface area contributed by atoms with Crippen LogP contribution in [0, 0.1) is 23.2 Å². The van der Waals surface area contributed by atoms with E-state index in [1.165, 1.54) is 96.3 Å². The molecule has 3 unspecified atom stereocenters. The minimum atomic E-state index is 0.557. The molecule has 0 bridgehead atoms. The second kappa shape index (κ2) is 16.0. The van der Waals surface area contributed by atoms with Gasteiger partial charge < -0.3 is 0 Å². The average Bonchev–Trinajstić information content (AvgIpc) is 2.64. The Hall–Kier alpha value is 0. The molecule has 0 aliphatic carbocycles. The highest BCUT2D eigenvalue weighted by molar-refractivity contribution is 4.94. The van der Waals surface area contributed by atoms with Gasteiger partial charge in [-0.15, -0.1) is 0 Å². The molecule has 3 atom stereocenters. The Labute approximate surface area is 168 Å². The maximum atomic E-state index is 2.76. The smallest absolute Gasteiger partial charge is 0.0241 e. The first-order valence-electron chi connectivity index (χ1n) is 12.6. The van der Waals surface area contributed by atoms with Gasteiger partial charge in [0.05, 0.1) is 0 Å². The molecule has 0 heterocycles. The molecular weight excluding hydrogens is 312 g/mol. The zero-order valence-electron chi connectivity index (χ0n) is 19.8. The second-order valence-corrected chi connectivity index (χ2v) is 9.25. The van der Waals surface area contributed by atoms with Gasteiger partial charge in [-0.1, -0.05) is 126 Å². The van der Waals surface area contributed by atoms with Crippen molar-refractivity contribution in [2.75, 3.05) is 0 Å². The van der Waals surface area contributed by atoms with E-state index in [2.05, 4.69) is 48.5 Å². The number of hydrogen-bond acceptors (Lipinski definition) is 0. The highest BCUT2D eigenvalue weighted by Crippen LogP contribution is 2.53. The molecule has 0 N–H and O–H groups in total. The Bertz CT molecular complexity index is 247. The molecule has 0 aromatic rings. The monoisotopic (exact) mass is 366 g/mol. The molecule has 0 spiro atoms. The van der Waals surface area contributed by atoms with Crippen LogP contribution in [0.4, 0.5) is 0 Å². The number of hydrogen-bond donors (Lipinski definition) is 0. The molecule has 0 fully saturated rings. The zero-order valence-corrected chi connectivity index (χ0v) is 19.8. The highest BCUT2D eigenvalue weighted by Gasteiger charge is 2.44. The summed E-state index contributed by atoms with van der Waals surface area (Å²) in [6.07, 6.45) is 21.2. The van der Waals surface area contributed by atoms with Crippen LogP contribution in [0.15, 0.2) is 0 Å². The summed E-state index contributed by atoms with van der Waals surface area (Å²) in [5, 5.41) is 0. The summed E-state index contributed by atoms with van der Waals surface area (Å²) in [5.74, 6) is 2.82. The van der Waals surface area contributed by atoms with Crippen molar-refractivity contribution in [3.63, 3.8) is 0 Å². The quantitative estimate of drug-likeness (QED) is 0.226. The zero-order chi connectivity index (χ0) is 19.8. The molecule has 0 nitrogen and oxygen atoms in total. The lowest BCUT2D eigenvalue weighted by Crippen LogP contribution is -2.42. The predicted molar refractivity (Wildman–Crippen MR) is 122 cm³/mol. The van der Waals surface area contributed by atoms with Crippen LogP contribution in [0.2, 0.25) is 0 Å². The first-order valence-corrected chi connectivity index (χ1v) is 12.6. The maximum absolute atomic E-state index is 2.76. The summed E-state index contributed by atoms with van der Waals surface area (Å²) in [6.45, 7) is 17.1. The second-order valence-electron chi connectivity index (χ2n) is 9.25. The Morgan fingerprint density at radius 3 is 0.885 bits per heavy atom. The fourth-order valence-electron chi connectivity index (χ4n) is 5.70. The van der Waals surface area contributed by atoms with Crippen molar-refractivity contribution in [2.24, 2.45) is 23.2 Å². The molecule has 0 saturated carbocycles. The standard InChI is InChI=1S/C26H54/c1-8-14-20-23(17-11-4)26(7,24(18-12-5)21-15-9-2)25(19-13-6)22-16-10-3/h23-25H,8-22H2,1-7H3. The molecule has 158 valence electrons. The molecule has 0 saturated heterocycles. The molecule has 0 aliphatic heterocycles. The topological polar surface area (TPSA) is 0 Å². The third-order valence-corrected chi connectivity index (χ3v) is 7.27. The largest absolute Gasteiger partial charge is 0.0654 e. The van der Waals surface area contributed by atoms with E-state index >= 15 is 0 Å². The van der Waals surface area contributed by atoms with Gasteiger partial charge in [0.15, 0.2) is 0 Å². The van der Waals surface area contributed by atoms with E-state index in [4.69, 9.17) is 0 Å². The summed E-state index contributed by atoms with van der Waals surface area (Å²) in [6, 6.07) is 0. The van der Waals surface area contributed by atoms with Gasteiger partial charge in [-0.2, -0.15) is 0 Å². The molecule has 0 radical (unpaired) electrons. The minimum Gasteiger partial charge on any atom is -0.0654 e. The van der Waals surface area contributed by atoms with Gasteiger partial charge in [-0.25, -0.2) is 0 Å². The van der Waals surface area contributed by atoms with E-state index in [-0.39, 0.29) is 0 Å². The lowest BCUT2D eigenvalue weighted by atomic mass is 9.54. The van der Waals surface area contributed by atoms with Gasteiger partial charge in [0.2, 0.25) is 0 Å². The number of unbranched alkanes of at least 4 members (excludes halogenated alkanes) is 3. The van der Waals surface area contributed by atoms with E-state index in [1.54, 1.807) is 0 Å². The van der Waals surface area contributed by atoms with Crippen LogP contribution < -0.4 is 0 Å². The van der Waals surface area contributed by atoms with Crippen molar-refractivity contribution >= 4 is 0 Å². The highest BCUT2D eigenvalue weighted by atomic mass is 14.5. The van der Waals surface area contributed by atoms with Crippen LogP contribution in [0.25, 0.3) is 0 Å². The van der Waals surface area contributed by atoms with Crippen molar-refractivity contribution < 1.29 is 0 Å². The van der Waals surface area contributed by atoms with E-state index in [9.17, 15) is 0 Å². The van der Waals surface area contributed by atoms with Crippen LogP contribution in [0.5, 0.6) is 0 Å². The first-order chi connectivity index (χ1) is 12.6. The normalized spacial score (nSPS) is 17.7. The van der Waals surface area contributed by atoms with Gasteiger partial charge in [-0.05, 0) is 42.4 Å². The molecule has 0 aliphatic rings. The fourth-order valence-corrected chi connectivity index (χ4v) is 5.70. The fraction of sp³-hybridized carbons (Fsp3) is 1.00. The van der Waals surface area contributed by atoms with E-state index in [1.807, 2.05) is 0 Å². The van der Waals surface area contributed by atoms with Crippen LogP contribution in [-0.2, 0) is 0 Å². The summed E-state index contributed by atoms with van der Waals surface area (Å²) < 4.78 is 0. The molecule has 0 aromatic carbocycles. The minimum absolute atomic E-state index is 0.557. The van der Waals surface area contributed by atoms with E-state index in [0.717, 1.165) is 17.8 Å². The Balaban J connectivity index is 5.84. The molecular formula is C26H54. The van der Waals surface area contributed by atoms with E-state index < -0.39 is 0 Å². The van der Waals surface area contributed by atoms with Crippen molar-refractivity contribution in [3.05, 3.63) is 0 Å². The van der Waals surface area contributed by atoms with Crippen molar-refractivity contribution in [3.8, 4) is 0 Å². The summed E-state index contributed by atoms with van der Waals surface area (Å²) in [4.78, 5) is 0. The molecule has 26 heavy (non-hydrogen) atoms. The van der Waals surface area contributed by atoms with Gasteiger partial charge in [0.1, 0.15) is 0 Å².